The van der Waals surface area contributed by atoms with E-state index in [2.05, 4.69) is 29.3 Å². The summed E-state index contributed by atoms with van der Waals surface area (Å²) >= 11 is 0. The van der Waals surface area contributed by atoms with Gasteiger partial charge in [0, 0.05) is 13.1 Å². The summed E-state index contributed by atoms with van der Waals surface area (Å²) < 4.78 is 5.67. The van der Waals surface area contributed by atoms with Crippen LogP contribution in [-0.2, 0) is 0 Å². The SMILES string of the molecule is Cc1cc2c3c(c1)OCCN3CCN2. The van der Waals surface area contributed by atoms with Gasteiger partial charge in [-0.1, -0.05) is 0 Å². The average Bonchev–Trinajstić information content (AvgIpc) is 2.18. The molecular weight excluding hydrogens is 176 g/mol. The Labute approximate surface area is 83.7 Å². The molecule has 0 radical (unpaired) electrons. The van der Waals surface area contributed by atoms with Crippen molar-refractivity contribution in [1.82, 2.24) is 0 Å². The van der Waals surface area contributed by atoms with Gasteiger partial charge in [0.05, 0.1) is 12.2 Å². The average molecular weight is 190 g/mol. The molecule has 0 aromatic heterocycles. The first-order chi connectivity index (χ1) is 6.84. The van der Waals surface area contributed by atoms with E-state index in [-0.39, 0.29) is 0 Å². The van der Waals surface area contributed by atoms with E-state index >= 15 is 0 Å². The minimum Gasteiger partial charge on any atom is -0.489 e. The maximum Gasteiger partial charge on any atom is 0.145 e. The summed E-state index contributed by atoms with van der Waals surface area (Å²) in [6, 6.07) is 4.32. The predicted molar refractivity (Wildman–Crippen MR) is 57.4 cm³/mol. The third-order valence-corrected chi connectivity index (χ3v) is 2.85. The van der Waals surface area contributed by atoms with E-state index in [1.807, 2.05) is 0 Å². The number of aryl methyl sites for hydroxylation is 1. The van der Waals surface area contributed by atoms with Gasteiger partial charge < -0.3 is 15.0 Å². The van der Waals surface area contributed by atoms with Gasteiger partial charge in [-0.3, -0.25) is 0 Å². The van der Waals surface area contributed by atoms with Crippen LogP contribution in [0.4, 0.5) is 11.4 Å². The highest BCUT2D eigenvalue weighted by atomic mass is 16.5. The molecule has 0 spiro atoms. The molecule has 0 saturated heterocycles. The smallest absolute Gasteiger partial charge is 0.145 e. The van der Waals surface area contributed by atoms with Crippen LogP contribution >= 0.6 is 0 Å². The number of nitrogens with one attached hydrogen (secondary N) is 1. The fourth-order valence-corrected chi connectivity index (χ4v) is 2.24. The Morgan fingerprint density at radius 2 is 2.29 bits per heavy atom. The summed E-state index contributed by atoms with van der Waals surface area (Å²) in [4.78, 5) is 2.41. The van der Waals surface area contributed by atoms with E-state index in [0.29, 0.717) is 0 Å². The van der Waals surface area contributed by atoms with E-state index in [0.717, 1.165) is 32.0 Å². The molecule has 2 heterocycles. The number of rotatable bonds is 0. The minimum absolute atomic E-state index is 0.815. The molecule has 14 heavy (non-hydrogen) atoms. The molecule has 0 fully saturated rings. The highest BCUT2D eigenvalue weighted by molar-refractivity contribution is 5.80. The Morgan fingerprint density at radius 1 is 1.36 bits per heavy atom. The molecule has 2 aliphatic rings. The van der Waals surface area contributed by atoms with E-state index < -0.39 is 0 Å². The molecule has 2 aliphatic heterocycles. The lowest BCUT2D eigenvalue weighted by atomic mass is 10.1. The Hall–Kier alpha value is -1.38. The lowest BCUT2D eigenvalue weighted by Gasteiger charge is -2.37. The van der Waals surface area contributed by atoms with Crippen LogP contribution in [0.25, 0.3) is 0 Å². The standard InChI is InChI=1S/C11H14N2O/c1-8-6-9-11-10(7-8)14-5-4-13(11)3-2-12-9/h6-7,12H,2-5H2,1H3. The maximum atomic E-state index is 5.67. The fourth-order valence-electron chi connectivity index (χ4n) is 2.24. The van der Waals surface area contributed by atoms with Crippen LogP contribution in [-0.4, -0.2) is 26.2 Å². The van der Waals surface area contributed by atoms with Crippen molar-refractivity contribution in [1.29, 1.82) is 0 Å². The van der Waals surface area contributed by atoms with Crippen LogP contribution in [0.3, 0.4) is 0 Å². The van der Waals surface area contributed by atoms with Gasteiger partial charge >= 0.3 is 0 Å². The number of benzene rings is 1. The zero-order chi connectivity index (χ0) is 9.54. The summed E-state index contributed by atoms with van der Waals surface area (Å²) in [5, 5.41) is 3.42. The van der Waals surface area contributed by atoms with Crippen LogP contribution in [0, 0.1) is 6.92 Å². The van der Waals surface area contributed by atoms with Gasteiger partial charge in [-0.15, -0.1) is 0 Å². The van der Waals surface area contributed by atoms with Gasteiger partial charge in [0.1, 0.15) is 18.0 Å². The number of ether oxygens (including phenoxy) is 1. The molecule has 3 heteroatoms. The van der Waals surface area contributed by atoms with Crippen molar-refractivity contribution in [3.05, 3.63) is 17.7 Å². The molecule has 0 atom stereocenters. The fraction of sp³-hybridized carbons (Fsp3) is 0.455. The van der Waals surface area contributed by atoms with Gasteiger partial charge in [0.25, 0.3) is 0 Å². The van der Waals surface area contributed by atoms with Crippen LogP contribution in [0.15, 0.2) is 12.1 Å². The number of anilines is 2. The van der Waals surface area contributed by atoms with E-state index in [1.54, 1.807) is 0 Å². The Bertz CT molecular complexity index is 345. The predicted octanol–water partition coefficient (Wildman–Crippen LogP) is 1.62. The van der Waals surface area contributed by atoms with Gasteiger partial charge in [-0.05, 0) is 24.6 Å². The second-order valence-corrected chi connectivity index (χ2v) is 3.92. The number of hydrogen-bond donors (Lipinski definition) is 1. The largest absolute Gasteiger partial charge is 0.489 e. The topological polar surface area (TPSA) is 24.5 Å². The molecule has 3 nitrogen and oxygen atoms in total. The van der Waals surface area contributed by atoms with E-state index in [9.17, 15) is 0 Å². The molecule has 0 unspecified atom stereocenters. The van der Waals surface area contributed by atoms with Crippen molar-refractivity contribution < 1.29 is 4.74 Å². The highest BCUT2D eigenvalue weighted by Gasteiger charge is 2.24. The van der Waals surface area contributed by atoms with Crippen molar-refractivity contribution >= 4 is 11.4 Å². The Morgan fingerprint density at radius 3 is 3.21 bits per heavy atom. The van der Waals surface area contributed by atoms with Crippen molar-refractivity contribution in [3.8, 4) is 5.75 Å². The summed E-state index contributed by atoms with van der Waals surface area (Å²) in [6.45, 7) is 6.07. The first-order valence-corrected chi connectivity index (χ1v) is 5.11. The summed E-state index contributed by atoms with van der Waals surface area (Å²) in [5.41, 5.74) is 3.74. The molecule has 1 aromatic rings. The number of nitrogens with zero attached hydrogens (tertiary/aromatic N) is 1. The van der Waals surface area contributed by atoms with Gasteiger partial charge in [-0.25, -0.2) is 0 Å². The second-order valence-electron chi connectivity index (χ2n) is 3.92. The quantitative estimate of drug-likeness (QED) is 0.672. The van der Waals surface area contributed by atoms with E-state index in [1.165, 1.54) is 16.9 Å². The first kappa shape index (κ1) is 7.97. The van der Waals surface area contributed by atoms with Crippen LogP contribution in [0.5, 0.6) is 5.75 Å². The third-order valence-electron chi connectivity index (χ3n) is 2.85. The molecule has 0 aliphatic carbocycles. The molecule has 3 rings (SSSR count). The van der Waals surface area contributed by atoms with Crippen molar-refractivity contribution in [2.24, 2.45) is 0 Å². The van der Waals surface area contributed by atoms with Gasteiger partial charge in [-0.2, -0.15) is 0 Å². The van der Waals surface area contributed by atoms with Gasteiger partial charge in [0.2, 0.25) is 0 Å². The van der Waals surface area contributed by atoms with Crippen LogP contribution < -0.4 is 15.0 Å². The van der Waals surface area contributed by atoms with Crippen molar-refractivity contribution in [2.75, 3.05) is 36.5 Å². The molecule has 74 valence electrons. The molecule has 0 amide bonds. The lowest BCUT2D eigenvalue weighted by Crippen LogP contribution is -2.39. The summed E-state index contributed by atoms with van der Waals surface area (Å²) in [7, 11) is 0. The van der Waals surface area contributed by atoms with Crippen molar-refractivity contribution in [3.63, 3.8) is 0 Å². The van der Waals surface area contributed by atoms with Crippen LogP contribution in [0.2, 0.25) is 0 Å². The second kappa shape index (κ2) is 2.80. The lowest BCUT2D eigenvalue weighted by molar-refractivity contribution is 0.307. The minimum atomic E-state index is 0.815. The van der Waals surface area contributed by atoms with E-state index in [4.69, 9.17) is 4.74 Å². The van der Waals surface area contributed by atoms with Crippen LogP contribution in [0.1, 0.15) is 5.56 Å². The zero-order valence-corrected chi connectivity index (χ0v) is 8.34. The normalized spacial score (nSPS) is 18.2. The Kier molecular flexibility index (Phi) is 1.60. The first-order valence-electron chi connectivity index (χ1n) is 5.11. The molecule has 0 saturated carbocycles. The van der Waals surface area contributed by atoms with Crippen molar-refractivity contribution in [2.45, 2.75) is 6.92 Å². The zero-order valence-electron chi connectivity index (χ0n) is 8.34. The summed E-state index contributed by atoms with van der Waals surface area (Å²) in [6.07, 6.45) is 0. The Balaban J connectivity index is 2.20. The number of hydrogen-bond acceptors (Lipinski definition) is 3. The monoisotopic (exact) mass is 190 g/mol. The van der Waals surface area contributed by atoms with Gasteiger partial charge in [0.15, 0.2) is 0 Å². The molecule has 1 N–H and O–H groups in total. The molecular formula is C11H14N2O. The highest BCUT2D eigenvalue weighted by Crippen LogP contribution is 2.41. The third kappa shape index (κ3) is 1.05. The summed E-state index contributed by atoms with van der Waals surface area (Å²) in [5.74, 6) is 1.04. The molecule has 0 bridgehead atoms. The maximum absolute atomic E-state index is 5.67. The molecule has 1 aromatic carbocycles.